The van der Waals surface area contributed by atoms with Crippen LogP contribution in [0.3, 0.4) is 0 Å². The quantitative estimate of drug-likeness (QED) is 0.471. The first-order valence-electron chi connectivity index (χ1n) is 11.3. The molecule has 0 bridgehead atoms. The molecule has 0 heterocycles. The number of anilines is 1. The van der Waals surface area contributed by atoms with Crippen molar-refractivity contribution in [1.82, 2.24) is 10.2 Å². The van der Waals surface area contributed by atoms with Gasteiger partial charge >= 0.3 is 0 Å². The van der Waals surface area contributed by atoms with Gasteiger partial charge in [-0.1, -0.05) is 42.3 Å². The molecule has 0 aromatic heterocycles. The summed E-state index contributed by atoms with van der Waals surface area (Å²) < 4.78 is 26.4. The van der Waals surface area contributed by atoms with Gasteiger partial charge in [0.1, 0.15) is 12.6 Å². The van der Waals surface area contributed by atoms with Crippen LogP contribution in [-0.2, 0) is 26.2 Å². The zero-order chi connectivity index (χ0) is 26.5. The van der Waals surface area contributed by atoms with Crippen LogP contribution in [-0.4, -0.2) is 50.0 Å². The zero-order valence-corrected chi connectivity index (χ0v) is 23.3. The Morgan fingerprint density at radius 1 is 1.00 bits per heavy atom. The zero-order valence-electron chi connectivity index (χ0n) is 20.9. The Morgan fingerprint density at radius 3 is 2.17 bits per heavy atom. The number of carbonyl (C=O) groups excluding carboxylic acids is 2. The van der Waals surface area contributed by atoms with Gasteiger partial charge in [0.05, 0.1) is 22.0 Å². The van der Waals surface area contributed by atoms with E-state index in [1.54, 1.807) is 37.3 Å². The number of amides is 2. The van der Waals surface area contributed by atoms with Crippen molar-refractivity contribution in [2.75, 3.05) is 17.1 Å². The van der Waals surface area contributed by atoms with Crippen LogP contribution in [0.15, 0.2) is 36.4 Å². The van der Waals surface area contributed by atoms with Crippen LogP contribution in [0.25, 0.3) is 0 Å². The molecule has 1 atom stereocenters. The van der Waals surface area contributed by atoms with E-state index in [0.717, 1.165) is 21.7 Å². The summed E-state index contributed by atoms with van der Waals surface area (Å²) in [4.78, 5) is 28.0. The van der Waals surface area contributed by atoms with Gasteiger partial charge in [-0.05, 0) is 75.1 Å². The van der Waals surface area contributed by atoms with Gasteiger partial charge in [0.25, 0.3) is 0 Å². The van der Waals surface area contributed by atoms with Crippen molar-refractivity contribution in [3.05, 3.63) is 63.1 Å². The summed E-state index contributed by atoms with van der Waals surface area (Å²) in [5, 5.41) is 3.55. The summed E-state index contributed by atoms with van der Waals surface area (Å²) in [7, 11) is -3.79. The van der Waals surface area contributed by atoms with Crippen molar-refractivity contribution in [3.63, 3.8) is 0 Å². The molecule has 10 heteroatoms. The Morgan fingerprint density at radius 2 is 1.66 bits per heavy atom. The molecule has 1 N–H and O–H groups in total. The lowest BCUT2D eigenvalue weighted by Gasteiger charge is -2.33. The third-order valence-corrected chi connectivity index (χ3v) is 7.49. The lowest BCUT2D eigenvalue weighted by Crippen LogP contribution is -2.53. The lowest BCUT2D eigenvalue weighted by atomic mass is 10.1. The number of aryl methyl sites for hydroxylation is 2. The third kappa shape index (κ3) is 7.85. The van der Waals surface area contributed by atoms with Gasteiger partial charge in [0, 0.05) is 12.6 Å². The number of hydrogen-bond donors (Lipinski definition) is 1. The molecule has 2 aromatic rings. The van der Waals surface area contributed by atoms with E-state index in [0.29, 0.717) is 27.7 Å². The van der Waals surface area contributed by atoms with Crippen molar-refractivity contribution in [3.8, 4) is 0 Å². The molecule has 0 spiro atoms. The van der Waals surface area contributed by atoms with Crippen LogP contribution in [0.2, 0.25) is 10.0 Å². The first-order chi connectivity index (χ1) is 16.2. The molecule has 2 aromatic carbocycles. The second-order valence-corrected chi connectivity index (χ2v) is 11.6. The molecule has 0 fully saturated rings. The van der Waals surface area contributed by atoms with Crippen LogP contribution in [0.1, 0.15) is 43.9 Å². The van der Waals surface area contributed by atoms with Crippen molar-refractivity contribution < 1.29 is 18.0 Å². The fourth-order valence-corrected chi connectivity index (χ4v) is 4.79. The molecule has 0 radical (unpaired) electrons. The fourth-order valence-electron chi connectivity index (χ4n) is 3.63. The fraction of sp³-hybridized carbons (Fsp3) is 0.440. The Labute approximate surface area is 218 Å². The topological polar surface area (TPSA) is 86.8 Å². The molecular weight excluding hydrogens is 509 g/mol. The van der Waals surface area contributed by atoms with Crippen molar-refractivity contribution in [2.24, 2.45) is 0 Å². The predicted octanol–water partition coefficient (Wildman–Crippen LogP) is 4.71. The number of carbonyl (C=O) groups is 2. The van der Waals surface area contributed by atoms with Gasteiger partial charge in [-0.2, -0.15) is 0 Å². The normalized spacial score (nSPS) is 12.4. The molecule has 0 aliphatic rings. The molecule has 0 saturated carbocycles. The number of nitrogens with one attached hydrogen (secondary N) is 1. The highest BCUT2D eigenvalue weighted by Gasteiger charge is 2.32. The van der Waals surface area contributed by atoms with Crippen LogP contribution in [0, 0.1) is 13.8 Å². The number of halogens is 2. The average molecular weight is 543 g/mol. The van der Waals surface area contributed by atoms with E-state index in [4.69, 9.17) is 23.2 Å². The number of sulfonamides is 1. The van der Waals surface area contributed by atoms with Crippen molar-refractivity contribution >= 4 is 50.7 Å². The minimum absolute atomic E-state index is 0.0598. The van der Waals surface area contributed by atoms with Crippen molar-refractivity contribution in [2.45, 2.75) is 59.7 Å². The summed E-state index contributed by atoms with van der Waals surface area (Å²) in [5.41, 5.74) is 2.96. The molecule has 0 aliphatic carbocycles. The van der Waals surface area contributed by atoms with Gasteiger partial charge in [-0.25, -0.2) is 8.42 Å². The van der Waals surface area contributed by atoms with E-state index in [-0.39, 0.29) is 18.5 Å². The Bertz CT molecular complexity index is 1190. The van der Waals surface area contributed by atoms with E-state index in [9.17, 15) is 18.0 Å². The standard InChI is InChI=1S/C25H33Cl2N3O4S/c1-7-23(25(32)28-16(2)3)29(14-19-9-11-21(26)22(27)13-19)24(31)15-30(35(6,33)34)20-10-8-17(4)18(5)12-20/h8-13,16,23H,7,14-15H2,1-6H3,(H,28,32). The molecule has 1 unspecified atom stereocenters. The molecule has 2 rings (SSSR count). The maximum absolute atomic E-state index is 13.7. The van der Waals surface area contributed by atoms with Gasteiger partial charge < -0.3 is 10.2 Å². The molecule has 2 amide bonds. The van der Waals surface area contributed by atoms with E-state index in [1.807, 2.05) is 33.8 Å². The van der Waals surface area contributed by atoms with Crippen LogP contribution < -0.4 is 9.62 Å². The first kappa shape index (κ1) is 28.9. The van der Waals surface area contributed by atoms with Crippen LogP contribution in [0.5, 0.6) is 0 Å². The van der Waals surface area contributed by atoms with E-state index in [2.05, 4.69) is 5.32 Å². The minimum Gasteiger partial charge on any atom is -0.352 e. The second-order valence-electron chi connectivity index (χ2n) is 8.90. The second kappa shape index (κ2) is 12.1. The molecule has 35 heavy (non-hydrogen) atoms. The summed E-state index contributed by atoms with van der Waals surface area (Å²) >= 11 is 12.2. The molecule has 192 valence electrons. The summed E-state index contributed by atoms with van der Waals surface area (Å²) in [5.74, 6) is -0.821. The molecule has 7 nitrogen and oxygen atoms in total. The first-order valence-corrected chi connectivity index (χ1v) is 13.9. The average Bonchev–Trinajstić information content (AvgIpc) is 2.75. The van der Waals surface area contributed by atoms with Gasteiger partial charge in [-0.15, -0.1) is 0 Å². The molecule has 0 aliphatic heterocycles. The van der Waals surface area contributed by atoms with Gasteiger partial charge in [-0.3, -0.25) is 13.9 Å². The summed E-state index contributed by atoms with van der Waals surface area (Å²) in [6, 6.07) is 9.26. The third-order valence-electron chi connectivity index (χ3n) is 5.61. The van der Waals surface area contributed by atoms with Crippen molar-refractivity contribution in [1.29, 1.82) is 0 Å². The Balaban J connectivity index is 2.48. The van der Waals surface area contributed by atoms with E-state index in [1.165, 1.54) is 4.90 Å². The Kier molecular flexibility index (Phi) is 10.0. The largest absolute Gasteiger partial charge is 0.352 e. The Hall–Kier alpha value is -2.29. The summed E-state index contributed by atoms with van der Waals surface area (Å²) in [6.45, 7) is 8.88. The monoisotopic (exact) mass is 541 g/mol. The van der Waals surface area contributed by atoms with E-state index >= 15 is 0 Å². The lowest BCUT2D eigenvalue weighted by molar-refractivity contribution is -0.140. The minimum atomic E-state index is -3.79. The molecule has 0 saturated heterocycles. The smallest absolute Gasteiger partial charge is 0.244 e. The van der Waals surface area contributed by atoms with Crippen LogP contribution >= 0.6 is 23.2 Å². The number of rotatable bonds is 10. The highest BCUT2D eigenvalue weighted by atomic mass is 35.5. The highest BCUT2D eigenvalue weighted by molar-refractivity contribution is 7.92. The highest BCUT2D eigenvalue weighted by Crippen LogP contribution is 2.25. The van der Waals surface area contributed by atoms with Gasteiger partial charge in [0.2, 0.25) is 21.8 Å². The maximum Gasteiger partial charge on any atom is 0.244 e. The predicted molar refractivity (Wildman–Crippen MR) is 142 cm³/mol. The SMILES string of the molecule is CCC(C(=O)NC(C)C)N(Cc1ccc(Cl)c(Cl)c1)C(=O)CN(c1ccc(C)c(C)c1)S(C)(=O)=O. The van der Waals surface area contributed by atoms with Crippen LogP contribution in [0.4, 0.5) is 5.69 Å². The number of benzene rings is 2. The summed E-state index contributed by atoms with van der Waals surface area (Å²) in [6.07, 6.45) is 1.40. The molecular formula is C25H33Cl2N3O4S. The van der Waals surface area contributed by atoms with Gasteiger partial charge in [0.15, 0.2) is 0 Å². The number of hydrogen-bond acceptors (Lipinski definition) is 4. The number of nitrogens with zero attached hydrogens (tertiary/aromatic N) is 2. The van der Waals surface area contributed by atoms with E-state index < -0.39 is 28.5 Å². The maximum atomic E-state index is 13.7.